The van der Waals surface area contributed by atoms with Crippen molar-refractivity contribution in [3.05, 3.63) is 74.3 Å². The lowest BCUT2D eigenvalue weighted by molar-refractivity contribution is -0.116. The Bertz CT molecular complexity index is 1100. The number of benzene rings is 2. The molecular formula is C20H21N3O3. The van der Waals surface area contributed by atoms with Gasteiger partial charge < -0.3 is 14.5 Å². The van der Waals surface area contributed by atoms with E-state index in [1.54, 1.807) is 20.2 Å². The number of nitrogens with zero attached hydrogens (tertiary/aromatic N) is 2. The lowest BCUT2D eigenvalue weighted by Gasteiger charge is -2.14. The summed E-state index contributed by atoms with van der Waals surface area (Å²) in [6.45, 7) is 1.86. The van der Waals surface area contributed by atoms with Gasteiger partial charge in [0.2, 0.25) is 5.91 Å². The van der Waals surface area contributed by atoms with E-state index in [-0.39, 0.29) is 5.91 Å². The predicted molar refractivity (Wildman–Crippen MR) is 103 cm³/mol. The third kappa shape index (κ3) is 3.31. The van der Waals surface area contributed by atoms with Crippen molar-refractivity contribution in [1.29, 1.82) is 0 Å². The van der Waals surface area contributed by atoms with Gasteiger partial charge in [-0.1, -0.05) is 30.3 Å². The summed E-state index contributed by atoms with van der Waals surface area (Å²) in [5.41, 5.74) is 2.67. The zero-order valence-electron chi connectivity index (χ0n) is 15.1. The quantitative estimate of drug-likeness (QED) is 0.732. The van der Waals surface area contributed by atoms with Crippen molar-refractivity contribution in [1.82, 2.24) is 9.13 Å². The molecule has 1 aromatic heterocycles. The van der Waals surface area contributed by atoms with E-state index >= 15 is 0 Å². The molecule has 2 aromatic carbocycles. The Labute approximate surface area is 150 Å². The van der Waals surface area contributed by atoms with Crippen LogP contribution in [-0.2, 0) is 25.3 Å². The number of anilines is 1. The van der Waals surface area contributed by atoms with Gasteiger partial charge in [-0.25, -0.2) is 0 Å². The summed E-state index contributed by atoms with van der Waals surface area (Å²) in [6.07, 6.45) is 1.03. The van der Waals surface area contributed by atoms with Crippen LogP contribution >= 0.6 is 0 Å². The van der Waals surface area contributed by atoms with Gasteiger partial charge in [0.05, 0.1) is 11.0 Å². The molecule has 0 aliphatic rings. The van der Waals surface area contributed by atoms with Crippen LogP contribution in [-0.4, -0.2) is 15.0 Å². The average Bonchev–Trinajstić information content (AvgIpc) is 2.65. The molecule has 0 aliphatic carbocycles. The SMILES string of the molecule is Cc1cc2c(cc1NC(=O)CCc1ccccc1)n(C)c(=O)c(=O)n2C. The Morgan fingerprint density at radius 2 is 1.54 bits per heavy atom. The van der Waals surface area contributed by atoms with Gasteiger partial charge in [-0.05, 0) is 36.6 Å². The molecule has 3 rings (SSSR count). The van der Waals surface area contributed by atoms with Crippen molar-refractivity contribution < 1.29 is 4.79 Å². The molecule has 6 heteroatoms. The predicted octanol–water partition coefficient (Wildman–Crippen LogP) is 2.12. The molecule has 1 heterocycles. The molecule has 1 N–H and O–H groups in total. The van der Waals surface area contributed by atoms with E-state index in [9.17, 15) is 14.4 Å². The first-order valence-corrected chi connectivity index (χ1v) is 8.42. The highest BCUT2D eigenvalue weighted by atomic mass is 16.2. The molecule has 6 nitrogen and oxygen atoms in total. The van der Waals surface area contributed by atoms with E-state index in [1.807, 2.05) is 43.3 Å². The van der Waals surface area contributed by atoms with E-state index in [2.05, 4.69) is 5.32 Å². The highest BCUT2D eigenvalue weighted by Crippen LogP contribution is 2.22. The van der Waals surface area contributed by atoms with E-state index in [0.717, 1.165) is 11.1 Å². The monoisotopic (exact) mass is 351 g/mol. The van der Waals surface area contributed by atoms with Crippen molar-refractivity contribution in [2.45, 2.75) is 19.8 Å². The van der Waals surface area contributed by atoms with Crippen LogP contribution in [0.25, 0.3) is 11.0 Å². The smallest absolute Gasteiger partial charge is 0.316 e. The molecule has 0 saturated heterocycles. The summed E-state index contributed by atoms with van der Waals surface area (Å²) in [5, 5.41) is 2.91. The Balaban J connectivity index is 1.88. The Kier molecular flexibility index (Phi) is 4.75. The number of hydrogen-bond donors (Lipinski definition) is 1. The zero-order valence-corrected chi connectivity index (χ0v) is 15.1. The number of aromatic nitrogens is 2. The fourth-order valence-electron chi connectivity index (χ4n) is 2.97. The standard InChI is InChI=1S/C20H21N3O3/c1-13-11-16-17(23(3)20(26)19(25)22(16)2)12-15(13)21-18(24)10-9-14-7-5-4-6-8-14/h4-8,11-12H,9-10H2,1-3H3,(H,21,24). The van der Waals surface area contributed by atoms with Crippen molar-refractivity contribution in [3.63, 3.8) is 0 Å². The molecule has 0 spiro atoms. The highest BCUT2D eigenvalue weighted by Gasteiger charge is 2.12. The number of hydrogen-bond acceptors (Lipinski definition) is 3. The lowest BCUT2D eigenvalue weighted by atomic mass is 10.1. The van der Waals surface area contributed by atoms with E-state index in [0.29, 0.717) is 29.6 Å². The van der Waals surface area contributed by atoms with Crippen LogP contribution in [0.1, 0.15) is 17.5 Å². The topological polar surface area (TPSA) is 73.1 Å². The third-order valence-corrected chi connectivity index (χ3v) is 4.59. The molecule has 0 radical (unpaired) electrons. The first-order chi connectivity index (χ1) is 12.4. The van der Waals surface area contributed by atoms with E-state index in [4.69, 9.17) is 0 Å². The lowest BCUT2D eigenvalue weighted by Crippen LogP contribution is -2.39. The van der Waals surface area contributed by atoms with Crippen LogP contribution < -0.4 is 16.4 Å². The van der Waals surface area contributed by atoms with E-state index in [1.165, 1.54) is 9.13 Å². The molecule has 0 unspecified atom stereocenters. The van der Waals surface area contributed by atoms with Crippen molar-refractivity contribution in [3.8, 4) is 0 Å². The fourth-order valence-corrected chi connectivity index (χ4v) is 2.97. The minimum Gasteiger partial charge on any atom is -0.326 e. The van der Waals surface area contributed by atoms with Crippen LogP contribution in [0.4, 0.5) is 5.69 Å². The maximum absolute atomic E-state index is 12.3. The van der Waals surface area contributed by atoms with Gasteiger partial charge >= 0.3 is 11.1 Å². The summed E-state index contributed by atoms with van der Waals surface area (Å²) in [7, 11) is 3.13. The van der Waals surface area contributed by atoms with Crippen LogP contribution in [0.3, 0.4) is 0 Å². The van der Waals surface area contributed by atoms with Crippen molar-refractivity contribution in [2.24, 2.45) is 14.1 Å². The molecule has 0 aliphatic heterocycles. The van der Waals surface area contributed by atoms with Gasteiger partial charge in [-0.15, -0.1) is 0 Å². The van der Waals surface area contributed by atoms with Gasteiger partial charge in [0, 0.05) is 26.2 Å². The summed E-state index contributed by atoms with van der Waals surface area (Å²) >= 11 is 0. The normalized spacial score (nSPS) is 10.9. The second-order valence-corrected chi connectivity index (χ2v) is 6.42. The molecule has 0 fully saturated rings. The average molecular weight is 351 g/mol. The largest absolute Gasteiger partial charge is 0.326 e. The summed E-state index contributed by atoms with van der Waals surface area (Å²) in [4.78, 5) is 36.3. The first-order valence-electron chi connectivity index (χ1n) is 8.42. The Hall–Kier alpha value is -3.15. The minimum atomic E-state index is -0.592. The molecule has 0 atom stereocenters. The van der Waals surface area contributed by atoms with Crippen molar-refractivity contribution in [2.75, 3.05) is 5.32 Å². The number of nitrogens with one attached hydrogen (secondary N) is 1. The van der Waals surface area contributed by atoms with Crippen LogP contribution in [0.5, 0.6) is 0 Å². The summed E-state index contributed by atoms with van der Waals surface area (Å²) < 4.78 is 2.66. The summed E-state index contributed by atoms with van der Waals surface area (Å²) in [5.74, 6) is -0.0916. The molecular weight excluding hydrogens is 330 g/mol. The fraction of sp³-hybridized carbons (Fsp3) is 0.250. The number of aryl methyl sites for hydroxylation is 4. The maximum Gasteiger partial charge on any atom is 0.316 e. The number of carbonyl (C=O) groups excluding carboxylic acids is 1. The first kappa shape index (κ1) is 17.7. The second kappa shape index (κ2) is 7.00. The molecule has 3 aromatic rings. The van der Waals surface area contributed by atoms with Gasteiger partial charge in [0.25, 0.3) is 0 Å². The van der Waals surface area contributed by atoms with Crippen molar-refractivity contribution >= 4 is 22.6 Å². The molecule has 0 saturated carbocycles. The molecule has 134 valence electrons. The highest BCUT2D eigenvalue weighted by molar-refractivity contribution is 5.94. The second-order valence-electron chi connectivity index (χ2n) is 6.42. The van der Waals surface area contributed by atoms with Crippen LogP contribution in [0.15, 0.2) is 52.1 Å². The number of rotatable bonds is 4. The van der Waals surface area contributed by atoms with Crippen LogP contribution in [0, 0.1) is 6.92 Å². The molecule has 0 bridgehead atoms. The van der Waals surface area contributed by atoms with Crippen LogP contribution in [0.2, 0.25) is 0 Å². The molecule has 1 amide bonds. The number of fused-ring (bicyclic) bond motifs is 1. The number of carbonyl (C=O) groups is 1. The Morgan fingerprint density at radius 3 is 2.15 bits per heavy atom. The Morgan fingerprint density at radius 1 is 0.962 bits per heavy atom. The van der Waals surface area contributed by atoms with Gasteiger partial charge in [-0.3, -0.25) is 14.4 Å². The summed E-state index contributed by atoms with van der Waals surface area (Å²) in [6, 6.07) is 13.4. The zero-order chi connectivity index (χ0) is 18.8. The van der Waals surface area contributed by atoms with E-state index < -0.39 is 11.1 Å². The third-order valence-electron chi connectivity index (χ3n) is 4.59. The van der Waals surface area contributed by atoms with Gasteiger partial charge in [-0.2, -0.15) is 0 Å². The molecule has 26 heavy (non-hydrogen) atoms. The van der Waals surface area contributed by atoms with Gasteiger partial charge in [0.15, 0.2) is 0 Å². The number of amides is 1. The maximum atomic E-state index is 12.3. The minimum absolute atomic E-state index is 0.0916. The van der Waals surface area contributed by atoms with Gasteiger partial charge in [0.1, 0.15) is 0 Å².